The second-order valence-corrected chi connectivity index (χ2v) is 12.0. The normalized spacial score (nSPS) is 23.1. The molecule has 2 atom stereocenters. The smallest absolute Gasteiger partial charge is 0.418 e. The van der Waals surface area contributed by atoms with E-state index in [2.05, 4.69) is 25.9 Å². The van der Waals surface area contributed by atoms with E-state index in [1.54, 1.807) is 0 Å². The molecule has 2 aromatic heterocycles. The number of anilines is 2. The summed E-state index contributed by atoms with van der Waals surface area (Å²) in [5.41, 5.74) is 2.42. The molecule has 6 rings (SSSR count). The second kappa shape index (κ2) is 11.2. The molecule has 0 saturated carbocycles. The Bertz CT molecular complexity index is 1590. The van der Waals surface area contributed by atoms with E-state index in [0.717, 1.165) is 31.5 Å². The molecule has 1 aromatic carbocycles. The van der Waals surface area contributed by atoms with Crippen molar-refractivity contribution in [3.63, 3.8) is 0 Å². The van der Waals surface area contributed by atoms with Gasteiger partial charge in [0.05, 0.1) is 27.6 Å². The first-order chi connectivity index (χ1) is 20.5. The van der Waals surface area contributed by atoms with E-state index in [-0.39, 0.29) is 35.1 Å². The van der Waals surface area contributed by atoms with Gasteiger partial charge in [-0.05, 0) is 50.3 Å². The number of halogens is 6. The van der Waals surface area contributed by atoms with Gasteiger partial charge in [0.15, 0.2) is 5.82 Å². The highest BCUT2D eigenvalue weighted by atomic mass is 35.5. The number of alkyl halides is 4. The number of nitrogens with zero attached hydrogens (tertiary/aromatic N) is 6. The average molecular weight is 622 g/mol. The summed E-state index contributed by atoms with van der Waals surface area (Å²) in [5, 5.41) is 8.61. The molecule has 0 spiro atoms. The predicted molar refractivity (Wildman–Crippen MR) is 151 cm³/mol. The molecule has 0 amide bonds. The zero-order chi connectivity index (χ0) is 30.5. The van der Waals surface area contributed by atoms with E-state index in [9.17, 15) is 17.6 Å². The van der Waals surface area contributed by atoms with E-state index < -0.39 is 45.5 Å². The number of nitriles is 1. The number of aromatic nitrogens is 3. The van der Waals surface area contributed by atoms with Crippen molar-refractivity contribution in [3.8, 4) is 23.3 Å². The van der Waals surface area contributed by atoms with Crippen LogP contribution in [0.15, 0.2) is 18.3 Å². The van der Waals surface area contributed by atoms with Crippen LogP contribution < -0.4 is 15.4 Å². The van der Waals surface area contributed by atoms with Crippen LogP contribution in [-0.4, -0.2) is 64.3 Å². The minimum absolute atomic E-state index is 0.0885. The third-order valence-electron chi connectivity index (χ3n) is 8.82. The molecule has 14 heteroatoms. The second-order valence-electron chi connectivity index (χ2n) is 11.6. The fraction of sp³-hybridized carbons (Fsp3) is 0.517. The predicted octanol–water partition coefficient (Wildman–Crippen LogP) is 6.17. The van der Waals surface area contributed by atoms with Crippen LogP contribution in [0.3, 0.4) is 0 Å². The third kappa shape index (κ3) is 5.51. The zero-order valence-corrected chi connectivity index (χ0v) is 23.9. The number of hydrogen-bond acceptors (Lipinski definition) is 8. The largest absolute Gasteiger partial charge is 0.461 e. The van der Waals surface area contributed by atoms with Crippen LogP contribution in [0.25, 0.3) is 22.2 Å². The Kier molecular flexibility index (Phi) is 7.71. The summed E-state index contributed by atoms with van der Waals surface area (Å²) in [6.45, 7) is 2.19. The molecule has 0 bridgehead atoms. The van der Waals surface area contributed by atoms with Crippen LogP contribution in [-0.2, 0) is 6.18 Å². The van der Waals surface area contributed by atoms with Gasteiger partial charge in [0, 0.05) is 49.9 Å². The van der Waals surface area contributed by atoms with E-state index >= 15 is 4.39 Å². The van der Waals surface area contributed by atoms with Crippen LogP contribution in [0.4, 0.5) is 33.5 Å². The van der Waals surface area contributed by atoms with Crippen molar-refractivity contribution in [2.45, 2.75) is 56.4 Å². The van der Waals surface area contributed by atoms with Crippen LogP contribution in [0.1, 0.15) is 44.1 Å². The summed E-state index contributed by atoms with van der Waals surface area (Å²) in [4.78, 5) is 17.0. The Morgan fingerprint density at radius 2 is 1.95 bits per heavy atom. The fourth-order valence-corrected chi connectivity index (χ4v) is 7.08. The van der Waals surface area contributed by atoms with Crippen molar-refractivity contribution in [3.05, 3.63) is 34.7 Å². The average Bonchev–Trinajstić information content (AvgIpc) is 3.47. The number of nitrogens with two attached hydrogens (primary N) is 1. The van der Waals surface area contributed by atoms with Crippen LogP contribution in [0.2, 0.25) is 5.02 Å². The van der Waals surface area contributed by atoms with Crippen LogP contribution >= 0.6 is 11.6 Å². The summed E-state index contributed by atoms with van der Waals surface area (Å²) in [6.07, 6.45) is -0.886. The number of nitrogen functional groups attached to an aromatic ring is 1. The summed E-state index contributed by atoms with van der Waals surface area (Å²) in [6, 6.07) is 3.96. The molecule has 5 heterocycles. The molecule has 2 N–H and O–H groups in total. The number of ether oxygens (including phenoxy) is 1. The minimum Gasteiger partial charge on any atom is -0.461 e. The molecule has 228 valence electrons. The lowest BCUT2D eigenvalue weighted by atomic mass is 9.94. The van der Waals surface area contributed by atoms with Gasteiger partial charge in [-0.2, -0.15) is 28.4 Å². The maximum atomic E-state index is 16.3. The highest BCUT2D eigenvalue weighted by Gasteiger charge is 2.49. The van der Waals surface area contributed by atoms with Crippen LogP contribution in [0, 0.1) is 23.1 Å². The van der Waals surface area contributed by atoms with E-state index in [1.807, 2.05) is 4.90 Å². The molecular formula is C29H29ClF5N7O. The number of rotatable bonds is 6. The van der Waals surface area contributed by atoms with Gasteiger partial charge in [-0.3, -0.25) is 9.88 Å². The van der Waals surface area contributed by atoms with Gasteiger partial charge in [0.1, 0.15) is 29.8 Å². The van der Waals surface area contributed by atoms with E-state index in [1.165, 1.54) is 6.20 Å². The number of pyridine rings is 1. The van der Waals surface area contributed by atoms with Gasteiger partial charge in [-0.25, -0.2) is 8.78 Å². The van der Waals surface area contributed by atoms with Crippen molar-refractivity contribution in [1.29, 1.82) is 5.26 Å². The maximum Gasteiger partial charge on any atom is 0.418 e. The first-order valence-electron chi connectivity index (χ1n) is 14.2. The van der Waals surface area contributed by atoms with Crippen molar-refractivity contribution in [2.75, 3.05) is 43.4 Å². The summed E-state index contributed by atoms with van der Waals surface area (Å²) in [7, 11) is 0. The van der Waals surface area contributed by atoms with Gasteiger partial charge in [-0.15, -0.1) is 0 Å². The molecule has 43 heavy (non-hydrogen) atoms. The molecule has 0 aliphatic carbocycles. The lowest BCUT2D eigenvalue weighted by Gasteiger charge is -2.33. The maximum absolute atomic E-state index is 16.3. The van der Waals surface area contributed by atoms with Crippen molar-refractivity contribution in [1.82, 2.24) is 19.9 Å². The third-order valence-corrected chi connectivity index (χ3v) is 9.12. The van der Waals surface area contributed by atoms with Gasteiger partial charge in [-0.1, -0.05) is 11.6 Å². The molecule has 3 aliphatic rings. The highest BCUT2D eigenvalue weighted by Crippen LogP contribution is 2.44. The fourth-order valence-electron chi connectivity index (χ4n) is 6.74. The van der Waals surface area contributed by atoms with Crippen molar-refractivity contribution < 1.29 is 26.7 Å². The Balaban J connectivity index is 1.44. The number of piperidine rings is 1. The van der Waals surface area contributed by atoms with Gasteiger partial charge in [0.25, 0.3) is 0 Å². The van der Waals surface area contributed by atoms with Crippen molar-refractivity contribution >= 4 is 34.0 Å². The van der Waals surface area contributed by atoms with Crippen molar-refractivity contribution in [2.24, 2.45) is 5.92 Å². The van der Waals surface area contributed by atoms with Crippen LogP contribution in [0.5, 0.6) is 6.01 Å². The molecule has 0 radical (unpaired) electrons. The summed E-state index contributed by atoms with van der Waals surface area (Å²) >= 11 is 5.93. The zero-order valence-electron chi connectivity index (χ0n) is 23.1. The standard InChI is InChI=1S/C29H29ClF5N7O/c30-21-11-18(37)10-19(22(21)29(33,34)35)24-23(32)25-20(13-38-24)26(41-8-3-16(2-6-36)4-9-41)40-27(39-25)43-15-28-5-1-7-42(28)14-17(31)12-28/h10-11,13,16-17H,1-5,7-9,12,14-15,37H2/t17-,28+/m1/s1. The Morgan fingerprint density at radius 3 is 2.67 bits per heavy atom. The number of hydrogen-bond donors (Lipinski definition) is 1. The minimum atomic E-state index is -4.91. The first kappa shape index (κ1) is 29.6. The molecule has 3 fully saturated rings. The molecule has 3 aliphatic heterocycles. The Morgan fingerprint density at radius 1 is 1.19 bits per heavy atom. The lowest BCUT2D eigenvalue weighted by Crippen LogP contribution is -2.43. The Labute approximate surface area is 249 Å². The first-order valence-corrected chi connectivity index (χ1v) is 14.5. The Hall–Kier alpha value is -3.50. The highest BCUT2D eigenvalue weighted by molar-refractivity contribution is 6.32. The quantitative estimate of drug-likeness (QED) is 0.257. The molecule has 3 saturated heterocycles. The number of fused-ring (bicyclic) bond motifs is 2. The SMILES string of the molecule is N#CCC1CCN(c2nc(OC[C@@]34CCCN3C[C@H](F)C4)nc3c(F)c(-c4cc(N)cc(Cl)c4C(F)(F)F)ncc23)CC1. The molecule has 8 nitrogen and oxygen atoms in total. The van der Waals surface area contributed by atoms with Gasteiger partial charge < -0.3 is 15.4 Å². The van der Waals surface area contributed by atoms with E-state index in [0.29, 0.717) is 51.1 Å². The topological polar surface area (TPSA) is 104 Å². The summed E-state index contributed by atoms with van der Waals surface area (Å²) in [5.74, 6) is -0.572. The number of benzene rings is 1. The lowest BCUT2D eigenvalue weighted by molar-refractivity contribution is -0.137. The monoisotopic (exact) mass is 621 g/mol. The van der Waals surface area contributed by atoms with Gasteiger partial charge in [0.2, 0.25) is 0 Å². The van der Waals surface area contributed by atoms with Gasteiger partial charge >= 0.3 is 12.2 Å². The molecular weight excluding hydrogens is 593 g/mol. The van der Waals surface area contributed by atoms with E-state index in [4.69, 9.17) is 27.3 Å². The summed E-state index contributed by atoms with van der Waals surface area (Å²) < 4.78 is 78.8. The molecule has 3 aromatic rings. The molecule has 0 unspecified atom stereocenters.